The van der Waals surface area contributed by atoms with Crippen molar-refractivity contribution in [2.24, 2.45) is 5.73 Å². The van der Waals surface area contributed by atoms with Crippen molar-refractivity contribution >= 4 is 28.6 Å². The van der Waals surface area contributed by atoms with Crippen LogP contribution in [0, 0.1) is 5.82 Å². The van der Waals surface area contributed by atoms with E-state index >= 15 is 0 Å². The van der Waals surface area contributed by atoms with E-state index < -0.39 is 0 Å². The highest BCUT2D eigenvalue weighted by Gasteiger charge is 2.11. The molecule has 0 atom stereocenters. The molecule has 0 spiro atoms. The fourth-order valence-electron chi connectivity index (χ4n) is 2.37. The summed E-state index contributed by atoms with van der Waals surface area (Å²) in [6, 6.07) is 10.7. The lowest BCUT2D eigenvalue weighted by molar-refractivity contribution is 0.628. The van der Waals surface area contributed by atoms with Gasteiger partial charge in [-0.15, -0.1) is 0 Å². The number of nitrogens with one attached hydrogen (secondary N) is 1. The maximum absolute atomic E-state index is 13.4. The second kappa shape index (κ2) is 6.68. The first-order valence-corrected chi connectivity index (χ1v) is 7.44. The summed E-state index contributed by atoms with van der Waals surface area (Å²) in [5.41, 5.74) is 10.5. The molecule has 0 fully saturated rings. The number of thiocarbonyl (C=S) groups is 1. The lowest BCUT2D eigenvalue weighted by atomic mass is 10.0. The van der Waals surface area contributed by atoms with Gasteiger partial charge in [-0.2, -0.15) is 0 Å². The monoisotopic (exact) mass is 302 g/mol. The van der Waals surface area contributed by atoms with Gasteiger partial charge >= 0.3 is 0 Å². The van der Waals surface area contributed by atoms with Crippen molar-refractivity contribution in [1.29, 1.82) is 0 Å². The number of rotatable bonds is 5. The maximum atomic E-state index is 13.4. The van der Waals surface area contributed by atoms with Crippen LogP contribution in [0.25, 0.3) is 0 Å². The van der Waals surface area contributed by atoms with Crippen molar-refractivity contribution in [3.8, 4) is 0 Å². The van der Waals surface area contributed by atoms with E-state index in [4.69, 9.17) is 18.0 Å². The lowest BCUT2D eigenvalue weighted by Crippen LogP contribution is -2.13. The van der Waals surface area contributed by atoms with Crippen LogP contribution in [-0.4, -0.2) is 4.99 Å². The number of benzene rings is 2. The molecule has 0 aromatic heterocycles. The van der Waals surface area contributed by atoms with Gasteiger partial charge in [0.15, 0.2) is 0 Å². The molecule has 0 radical (unpaired) electrons. The minimum atomic E-state index is -0.345. The molecule has 2 nitrogen and oxygen atoms in total. The Morgan fingerprint density at radius 1 is 1.14 bits per heavy atom. The summed E-state index contributed by atoms with van der Waals surface area (Å²) in [5.74, 6) is -0.345. The van der Waals surface area contributed by atoms with E-state index in [1.165, 1.54) is 23.3 Å². The van der Waals surface area contributed by atoms with Gasteiger partial charge in [0.25, 0.3) is 0 Å². The summed E-state index contributed by atoms with van der Waals surface area (Å²) in [6.45, 7) is 4.22. The molecule has 0 unspecified atom stereocenters. The molecule has 0 saturated heterocycles. The topological polar surface area (TPSA) is 38.0 Å². The number of aryl methyl sites for hydroxylation is 2. The summed E-state index contributed by atoms with van der Waals surface area (Å²) in [6.07, 6.45) is 1.83. The van der Waals surface area contributed by atoms with Crippen LogP contribution in [0.5, 0.6) is 0 Å². The van der Waals surface area contributed by atoms with Crippen molar-refractivity contribution in [3.05, 3.63) is 58.9 Å². The third-order valence-corrected chi connectivity index (χ3v) is 3.73. The first-order valence-electron chi connectivity index (χ1n) is 7.04. The average Bonchev–Trinajstić information content (AvgIpc) is 2.48. The summed E-state index contributed by atoms with van der Waals surface area (Å²) >= 11 is 5.02. The molecule has 2 rings (SSSR count). The van der Waals surface area contributed by atoms with Gasteiger partial charge in [0, 0.05) is 16.9 Å². The van der Waals surface area contributed by atoms with Crippen LogP contribution in [0.15, 0.2) is 36.4 Å². The van der Waals surface area contributed by atoms with Crippen LogP contribution in [-0.2, 0) is 12.8 Å². The van der Waals surface area contributed by atoms with Crippen molar-refractivity contribution in [2.45, 2.75) is 26.7 Å². The highest BCUT2D eigenvalue weighted by molar-refractivity contribution is 7.80. The van der Waals surface area contributed by atoms with Crippen molar-refractivity contribution in [1.82, 2.24) is 0 Å². The molecule has 0 amide bonds. The van der Waals surface area contributed by atoms with Gasteiger partial charge in [0.05, 0.1) is 0 Å². The summed E-state index contributed by atoms with van der Waals surface area (Å²) in [7, 11) is 0. The molecule has 2 aromatic carbocycles. The Morgan fingerprint density at radius 3 is 2.29 bits per heavy atom. The van der Waals surface area contributed by atoms with Crippen molar-refractivity contribution < 1.29 is 4.39 Å². The first kappa shape index (κ1) is 15.4. The number of hydrogen-bond donors (Lipinski definition) is 2. The number of anilines is 2. The van der Waals surface area contributed by atoms with E-state index in [0.29, 0.717) is 5.56 Å². The lowest BCUT2D eigenvalue weighted by Gasteiger charge is -2.17. The number of hydrogen-bond acceptors (Lipinski definition) is 2. The second-order valence-electron chi connectivity index (χ2n) is 4.84. The van der Waals surface area contributed by atoms with E-state index in [9.17, 15) is 4.39 Å². The highest BCUT2D eigenvalue weighted by Crippen LogP contribution is 2.28. The fourth-order valence-corrected chi connectivity index (χ4v) is 2.54. The fraction of sp³-hybridized carbons (Fsp3) is 0.235. The molecule has 0 saturated carbocycles. The van der Waals surface area contributed by atoms with E-state index in [1.807, 2.05) is 0 Å². The minimum absolute atomic E-state index is 0.184. The maximum Gasteiger partial charge on any atom is 0.124 e. The van der Waals surface area contributed by atoms with Gasteiger partial charge in [-0.1, -0.05) is 44.3 Å². The molecule has 0 aliphatic carbocycles. The Kier molecular flexibility index (Phi) is 4.91. The molecule has 0 bridgehead atoms. The Bertz CT molecular complexity index is 646. The Morgan fingerprint density at radius 2 is 1.76 bits per heavy atom. The largest absolute Gasteiger partial charge is 0.389 e. The average molecular weight is 302 g/mol. The van der Waals surface area contributed by atoms with Gasteiger partial charge < -0.3 is 11.1 Å². The van der Waals surface area contributed by atoms with Crippen LogP contribution in [0.4, 0.5) is 15.8 Å². The Balaban J connectivity index is 2.50. The molecule has 0 heterocycles. The number of halogens is 1. The minimum Gasteiger partial charge on any atom is -0.389 e. The molecule has 110 valence electrons. The van der Waals surface area contributed by atoms with Crippen LogP contribution in [0.3, 0.4) is 0 Å². The molecule has 21 heavy (non-hydrogen) atoms. The van der Waals surface area contributed by atoms with Gasteiger partial charge in [-0.25, -0.2) is 4.39 Å². The summed E-state index contributed by atoms with van der Waals surface area (Å²) in [5, 5.41) is 3.39. The first-order chi connectivity index (χ1) is 10.1. The molecule has 4 heteroatoms. The molecule has 2 aromatic rings. The zero-order valence-electron chi connectivity index (χ0n) is 12.2. The number of para-hydroxylation sites is 1. The Labute approximate surface area is 130 Å². The predicted molar refractivity (Wildman–Crippen MR) is 90.8 cm³/mol. The molecule has 3 N–H and O–H groups in total. The summed E-state index contributed by atoms with van der Waals surface area (Å²) < 4.78 is 13.4. The second-order valence-corrected chi connectivity index (χ2v) is 5.28. The van der Waals surface area contributed by atoms with E-state index in [1.54, 1.807) is 6.07 Å². The van der Waals surface area contributed by atoms with Crippen LogP contribution >= 0.6 is 12.2 Å². The van der Waals surface area contributed by atoms with E-state index in [2.05, 4.69) is 37.4 Å². The quantitative estimate of drug-likeness (QED) is 0.807. The predicted octanol–water partition coefficient (Wildman–Crippen LogP) is 4.33. The third kappa shape index (κ3) is 3.39. The molecule has 0 aliphatic heterocycles. The van der Waals surface area contributed by atoms with E-state index in [0.717, 1.165) is 24.2 Å². The van der Waals surface area contributed by atoms with Gasteiger partial charge in [0.2, 0.25) is 0 Å². The third-order valence-electron chi connectivity index (χ3n) is 3.51. The smallest absolute Gasteiger partial charge is 0.124 e. The van der Waals surface area contributed by atoms with Crippen LogP contribution in [0.1, 0.15) is 30.5 Å². The molecular formula is C17H19FN2S. The van der Waals surface area contributed by atoms with Crippen LogP contribution < -0.4 is 11.1 Å². The van der Waals surface area contributed by atoms with E-state index in [-0.39, 0.29) is 10.8 Å². The molecular weight excluding hydrogens is 283 g/mol. The number of nitrogens with two attached hydrogens (primary N) is 1. The highest BCUT2D eigenvalue weighted by atomic mass is 32.1. The SMILES string of the molecule is CCc1cccc(CC)c1Nc1ccc(F)cc1C(N)=S. The Hall–Kier alpha value is -1.94. The zero-order valence-corrected chi connectivity index (χ0v) is 13.1. The van der Waals surface area contributed by atoms with Crippen molar-refractivity contribution in [3.63, 3.8) is 0 Å². The van der Waals surface area contributed by atoms with Crippen LogP contribution in [0.2, 0.25) is 0 Å². The standard InChI is InChI=1S/C17H19FN2S/c1-3-11-6-5-7-12(4-2)16(11)20-15-9-8-13(18)10-14(15)17(19)21/h5-10,20H,3-4H2,1-2H3,(H2,19,21). The van der Waals surface area contributed by atoms with Crippen molar-refractivity contribution in [2.75, 3.05) is 5.32 Å². The normalized spacial score (nSPS) is 10.4. The van der Waals surface area contributed by atoms with Gasteiger partial charge in [0.1, 0.15) is 10.8 Å². The summed E-state index contributed by atoms with van der Waals surface area (Å²) in [4.78, 5) is 0.184. The van der Waals surface area contributed by atoms with Gasteiger partial charge in [-0.3, -0.25) is 0 Å². The van der Waals surface area contributed by atoms with Gasteiger partial charge in [-0.05, 0) is 42.2 Å². The zero-order chi connectivity index (χ0) is 15.4. The molecule has 0 aliphatic rings.